The summed E-state index contributed by atoms with van der Waals surface area (Å²) in [5.74, 6) is 0.839. The van der Waals surface area contributed by atoms with E-state index in [9.17, 15) is 14.4 Å². The number of imidazole rings is 1. The number of likely N-dealkylation sites (tertiary alicyclic amines) is 1. The van der Waals surface area contributed by atoms with Crippen molar-refractivity contribution in [2.45, 2.75) is 51.6 Å². The molecule has 2 atom stereocenters. The van der Waals surface area contributed by atoms with E-state index in [1.54, 1.807) is 12.4 Å². The minimum Gasteiger partial charge on any atom is -0.381 e. The number of nitrogens with zero attached hydrogens (tertiary/aromatic N) is 3. The second-order valence-corrected chi connectivity index (χ2v) is 9.16. The maximum Gasteiger partial charge on any atom is 0.242 e. The quantitative estimate of drug-likeness (QED) is 0.658. The van der Waals surface area contributed by atoms with Crippen molar-refractivity contribution in [1.29, 1.82) is 0 Å². The average Bonchev–Trinajstić information content (AvgIpc) is 3.20. The van der Waals surface area contributed by atoms with E-state index >= 15 is 0 Å². The number of rotatable bonds is 2. The fraction of sp³-hybridized carbons (Fsp3) is 0.652. The lowest BCUT2D eigenvalue weighted by atomic mass is 9.74. The largest absolute Gasteiger partial charge is 0.381 e. The van der Waals surface area contributed by atoms with Gasteiger partial charge in [-0.1, -0.05) is 12.2 Å². The smallest absolute Gasteiger partial charge is 0.242 e. The summed E-state index contributed by atoms with van der Waals surface area (Å²) in [5, 5.41) is 5.93. The lowest BCUT2D eigenvalue weighted by Crippen LogP contribution is -2.53. The zero-order chi connectivity index (χ0) is 22.6. The zero-order valence-electron chi connectivity index (χ0n) is 18.7. The highest BCUT2D eigenvalue weighted by molar-refractivity contribution is 5.88. The van der Waals surface area contributed by atoms with Gasteiger partial charge in [0.15, 0.2) is 0 Å². The second-order valence-electron chi connectivity index (χ2n) is 9.16. The molecule has 32 heavy (non-hydrogen) atoms. The molecule has 9 nitrogen and oxygen atoms in total. The number of ether oxygens (including phenoxy) is 1. The summed E-state index contributed by atoms with van der Waals surface area (Å²) in [7, 11) is 0. The third-order valence-corrected chi connectivity index (χ3v) is 7.13. The lowest BCUT2D eigenvalue weighted by Gasteiger charge is -2.40. The molecule has 0 unspecified atom stereocenters. The van der Waals surface area contributed by atoms with Gasteiger partial charge in [-0.15, -0.1) is 0 Å². The Hall–Kier alpha value is -2.68. The standard InChI is InChI=1S/C23H33N5O4/c1-17-24-9-12-28(17)15-21(30)27-10-7-23(8-11-27)6-3-2-4-18-16-32-13-5-19(18)26-20(29)14-25-22(23)31/h2-3,9,12,18-19H,4-8,10-11,13-16H2,1H3,(H,25,31)(H,26,29)/b3-2+/t18-,19+/m0/s1. The Balaban J connectivity index is 1.41. The van der Waals surface area contributed by atoms with Crippen molar-refractivity contribution in [1.82, 2.24) is 25.1 Å². The van der Waals surface area contributed by atoms with Crippen LogP contribution in [0.4, 0.5) is 0 Å². The van der Waals surface area contributed by atoms with Crippen LogP contribution < -0.4 is 10.6 Å². The first-order valence-corrected chi connectivity index (χ1v) is 11.5. The highest BCUT2D eigenvalue weighted by Gasteiger charge is 2.41. The Labute approximate surface area is 188 Å². The van der Waals surface area contributed by atoms with E-state index in [1.807, 2.05) is 16.4 Å². The van der Waals surface area contributed by atoms with Crippen molar-refractivity contribution in [3.05, 3.63) is 30.4 Å². The summed E-state index contributed by atoms with van der Waals surface area (Å²) >= 11 is 0. The summed E-state index contributed by atoms with van der Waals surface area (Å²) in [6.07, 6.45) is 11.1. The normalized spacial score (nSPS) is 27.5. The molecule has 4 heterocycles. The molecule has 1 aromatic heterocycles. The monoisotopic (exact) mass is 443 g/mol. The third-order valence-electron chi connectivity index (χ3n) is 7.13. The van der Waals surface area contributed by atoms with Gasteiger partial charge in [0.2, 0.25) is 17.7 Å². The van der Waals surface area contributed by atoms with Crippen molar-refractivity contribution in [2.24, 2.45) is 11.3 Å². The fourth-order valence-electron chi connectivity index (χ4n) is 4.93. The van der Waals surface area contributed by atoms with Gasteiger partial charge in [-0.25, -0.2) is 4.98 Å². The average molecular weight is 444 g/mol. The molecule has 3 aliphatic rings. The number of carbonyl (C=O) groups excluding carboxylic acids is 3. The highest BCUT2D eigenvalue weighted by Crippen LogP contribution is 2.36. The Bertz CT molecular complexity index is 871. The van der Waals surface area contributed by atoms with Gasteiger partial charge in [0.25, 0.3) is 0 Å². The lowest BCUT2D eigenvalue weighted by molar-refractivity contribution is -0.141. The van der Waals surface area contributed by atoms with E-state index in [2.05, 4.69) is 27.8 Å². The number of aryl methyl sites for hydroxylation is 1. The number of nitrogens with one attached hydrogen (secondary N) is 2. The predicted octanol–water partition coefficient (Wildman–Crippen LogP) is 0.788. The Kier molecular flexibility index (Phi) is 6.93. The highest BCUT2D eigenvalue weighted by atomic mass is 16.5. The maximum atomic E-state index is 13.2. The van der Waals surface area contributed by atoms with Crippen molar-refractivity contribution < 1.29 is 19.1 Å². The molecule has 2 saturated heterocycles. The van der Waals surface area contributed by atoms with Crippen molar-refractivity contribution in [2.75, 3.05) is 32.8 Å². The number of piperidine rings is 1. The number of allylic oxidation sites excluding steroid dienone is 2. The summed E-state index contributed by atoms with van der Waals surface area (Å²) in [5.41, 5.74) is -0.597. The minimum absolute atomic E-state index is 0.0169. The van der Waals surface area contributed by atoms with E-state index < -0.39 is 5.41 Å². The summed E-state index contributed by atoms with van der Waals surface area (Å²) < 4.78 is 7.44. The van der Waals surface area contributed by atoms with Crippen molar-refractivity contribution in [3.63, 3.8) is 0 Å². The zero-order valence-corrected chi connectivity index (χ0v) is 18.7. The summed E-state index contributed by atoms with van der Waals surface area (Å²) in [6, 6.07) is 0.0829. The molecular weight excluding hydrogens is 410 g/mol. The van der Waals surface area contributed by atoms with Crippen LogP contribution >= 0.6 is 0 Å². The van der Waals surface area contributed by atoms with E-state index in [-0.39, 0.29) is 42.8 Å². The Morgan fingerprint density at radius 1 is 1.28 bits per heavy atom. The van der Waals surface area contributed by atoms with Crippen LogP contribution in [0.15, 0.2) is 24.5 Å². The van der Waals surface area contributed by atoms with Gasteiger partial charge in [-0.2, -0.15) is 0 Å². The van der Waals surface area contributed by atoms with Crippen LogP contribution in [0.25, 0.3) is 0 Å². The van der Waals surface area contributed by atoms with E-state index in [1.165, 1.54) is 0 Å². The van der Waals surface area contributed by atoms with E-state index in [4.69, 9.17) is 4.74 Å². The molecular formula is C23H33N5O4. The summed E-state index contributed by atoms with van der Waals surface area (Å²) in [4.78, 5) is 44.3. The fourth-order valence-corrected chi connectivity index (χ4v) is 4.93. The molecule has 0 aromatic carbocycles. The number of fused-ring (bicyclic) bond motifs is 1. The number of hydrogen-bond donors (Lipinski definition) is 2. The molecule has 0 radical (unpaired) electrons. The second kappa shape index (κ2) is 9.85. The van der Waals surface area contributed by atoms with E-state index in [0.717, 1.165) is 18.7 Å². The number of amides is 3. The third kappa shape index (κ3) is 5.03. The van der Waals surface area contributed by atoms with Crippen LogP contribution in [-0.4, -0.2) is 71.1 Å². The van der Waals surface area contributed by atoms with Gasteiger partial charge < -0.3 is 24.8 Å². The predicted molar refractivity (Wildman–Crippen MR) is 117 cm³/mol. The van der Waals surface area contributed by atoms with Gasteiger partial charge in [0.1, 0.15) is 12.4 Å². The molecule has 4 rings (SSSR count). The van der Waals surface area contributed by atoms with Gasteiger partial charge in [0, 0.05) is 44.0 Å². The molecule has 3 amide bonds. The first-order valence-electron chi connectivity index (χ1n) is 11.5. The van der Waals surface area contributed by atoms with E-state index in [0.29, 0.717) is 45.6 Å². The molecule has 1 aromatic rings. The van der Waals surface area contributed by atoms with Gasteiger partial charge >= 0.3 is 0 Å². The van der Waals surface area contributed by atoms with Gasteiger partial charge in [-0.05, 0) is 39.0 Å². The topological polar surface area (TPSA) is 106 Å². The molecule has 174 valence electrons. The molecule has 9 heteroatoms. The van der Waals surface area contributed by atoms with Crippen LogP contribution in [0.2, 0.25) is 0 Å². The molecule has 0 aliphatic carbocycles. The Morgan fingerprint density at radius 3 is 2.84 bits per heavy atom. The van der Waals surface area contributed by atoms with Crippen LogP contribution in [0, 0.1) is 18.3 Å². The number of carbonyl (C=O) groups is 3. The van der Waals surface area contributed by atoms with Crippen molar-refractivity contribution in [3.8, 4) is 0 Å². The minimum atomic E-state index is -0.597. The van der Waals surface area contributed by atoms with Crippen LogP contribution in [0.1, 0.15) is 37.9 Å². The SMILES string of the molecule is Cc1nccn1CC(=O)N1CCC2(C/C=C/C[C@H]3COCC[C@H]3NC(=O)CNC2=O)CC1. The molecule has 0 saturated carbocycles. The first-order chi connectivity index (χ1) is 15.5. The summed E-state index contributed by atoms with van der Waals surface area (Å²) in [6.45, 7) is 4.46. The molecule has 0 bridgehead atoms. The van der Waals surface area contributed by atoms with Gasteiger partial charge in [-0.3, -0.25) is 14.4 Å². The Morgan fingerprint density at radius 2 is 2.09 bits per heavy atom. The molecule has 3 aliphatic heterocycles. The van der Waals surface area contributed by atoms with Crippen LogP contribution in [-0.2, 0) is 25.7 Å². The number of aromatic nitrogens is 2. The molecule has 1 spiro atoms. The van der Waals surface area contributed by atoms with Crippen LogP contribution in [0.5, 0.6) is 0 Å². The van der Waals surface area contributed by atoms with Crippen LogP contribution in [0.3, 0.4) is 0 Å². The number of hydrogen-bond acceptors (Lipinski definition) is 5. The van der Waals surface area contributed by atoms with Crippen molar-refractivity contribution >= 4 is 17.7 Å². The maximum absolute atomic E-state index is 13.2. The van der Waals surface area contributed by atoms with Gasteiger partial charge in [0.05, 0.1) is 18.6 Å². The molecule has 2 N–H and O–H groups in total. The molecule has 2 fully saturated rings. The first kappa shape index (κ1) is 22.5.